The van der Waals surface area contributed by atoms with Crippen molar-refractivity contribution in [2.75, 3.05) is 13.1 Å². The lowest BCUT2D eigenvalue weighted by molar-refractivity contribution is 0.243. The molecule has 0 spiro atoms. The highest BCUT2D eigenvalue weighted by Crippen LogP contribution is 2.24. The summed E-state index contributed by atoms with van der Waals surface area (Å²) < 4.78 is 27.8. The number of nitrogens with two attached hydrogens (primary N) is 1. The number of halogens is 1. The summed E-state index contributed by atoms with van der Waals surface area (Å²) in [6.07, 6.45) is 4.79. The Morgan fingerprint density at radius 1 is 1.53 bits per heavy atom. The van der Waals surface area contributed by atoms with Crippen molar-refractivity contribution in [3.63, 3.8) is 0 Å². The van der Waals surface area contributed by atoms with Gasteiger partial charge in [-0.2, -0.15) is 9.40 Å². The molecule has 1 aromatic heterocycles. The molecule has 1 aromatic rings. The molecule has 8 heteroatoms. The molecular formula is C11H21ClN4O2S. The maximum Gasteiger partial charge on any atom is 0.246 e. The quantitative estimate of drug-likeness (QED) is 0.886. The number of hydrogen-bond acceptors (Lipinski definition) is 4. The van der Waals surface area contributed by atoms with Crippen molar-refractivity contribution in [1.82, 2.24) is 14.1 Å². The Morgan fingerprint density at radius 3 is 2.74 bits per heavy atom. The van der Waals surface area contributed by atoms with E-state index in [0.29, 0.717) is 13.1 Å². The Labute approximate surface area is 120 Å². The van der Waals surface area contributed by atoms with E-state index in [2.05, 4.69) is 5.10 Å². The lowest BCUT2D eigenvalue weighted by atomic mass is 9.93. The molecule has 0 aliphatic carbocycles. The van der Waals surface area contributed by atoms with Crippen LogP contribution in [0.1, 0.15) is 19.8 Å². The highest BCUT2D eigenvalue weighted by atomic mass is 35.5. The summed E-state index contributed by atoms with van der Waals surface area (Å²) in [5.74, 6) is 0.241. The minimum Gasteiger partial charge on any atom is -0.328 e. The Hall–Kier alpha value is -0.630. The molecule has 1 saturated heterocycles. The number of aromatic nitrogens is 2. The van der Waals surface area contributed by atoms with Gasteiger partial charge in [0, 0.05) is 32.4 Å². The maximum atomic E-state index is 12.4. The van der Waals surface area contributed by atoms with Crippen LogP contribution in [-0.4, -0.2) is 41.6 Å². The fourth-order valence-electron chi connectivity index (χ4n) is 2.30. The predicted molar refractivity (Wildman–Crippen MR) is 75.6 cm³/mol. The monoisotopic (exact) mass is 308 g/mol. The van der Waals surface area contributed by atoms with Crippen molar-refractivity contribution < 1.29 is 8.42 Å². The molecule has 1 fully saturated rings. The lowest BCUT2D eigenvalue weighted by Crippen LogP contribution is -2.44. The largest absolute Gasteiger partial charge is 0.328 e. The molecule has 0 saturated carbocycles. The average Bonchev–Trinajstić information content (AvgIpc) is 2.77. The van der Waals surface area contributed by atoms with Gasteiger partial charge in [0.25, 0.3) is 0 Å². The topological polar surface area (TPSA) is 81.2 Å². The molecule has 2 rings (SSSR count). The summed E-state index contributed by atoms with van der Waals surface area (Å²) in [6.45, 7) is 3.01. The molecule has 2 N–H and O–H groups in total. The van der Waals surface area contributed by atoms with Gasteiger partial charge in [0.15, 0.2) is 0 Å². The lowest BCUT2D eigenvalue weighted by Gasteiger charge is -2.33. The van der Waals surface area contributed by atoms with E-state index >= 15 is 0 Å². The second kappa shape index (κ2) is 6.21. The van der Waals surface area contributed by atoms with Crippen molar-refractivity contribution in [3.05, 3.63) is 12.4 Å². The molecule has 1 aliphatic heterocycles. The number of piperidine rings is 1. The van der Waals surface area contributed by atoms with Crippen molar-refractivity contribution in [2.24, 2.45) is 18.7 Å². The average molecular weight is 309 g/mol. The van der Waals surface area contributed by atoms with Gasteiger partial charge in [0.05, 0.1) is 6.20 Å². The summed E-state index contributed by atoms with van der Waals surface area (Å²) in [6, 6.07) is 0.0249. The predicted octanol–water partition coefficient (Wildman–Crippen LogP) is 0.590. The molecule has 0 aromatic carbocycles. The van der Waals surface area contributed by atoms with E-state index < -0.39 is 10.0 Å². The van der Waals surface area contributed by atoms with Crippen LogP contribution in [0.4, 0.5) is 0 Å². The zero-order chi connectivity index (χ0) is 13.3. The third-order valence-corrected chi connectivity index (χ3v) is 5.30. The van der Waals surface area contributed by atoms with Gasteiger partial charge in [-0.15, -0.1) is 12.4 Å². The van der Waals surface area contributed by atoms with Gasteiger partial charge in [-0.1, -0.05) is 0 Å². The third kappa shape index (κ3) is 3.47. The number of rotatable bonds is 3. The fourth-order valence-corrected chi connectivity index (χ4v) is 3.82. The van der Waals surface area contributed by atoms with Crippen molar-refractivity contribution in [3.8, 4) is 0 Å². The number of aryl methyl sites for hydroxylation is 1. The first-order chi connectivity index (χ1) is 8.41. The zero-order valence-corrected chi connectivity index (χ0v) is 12.8. The van der Waals surface area contributed by atoms with Crippen LogP contribution < -0.4 is 5.73 Å². The molecule has 2 unspecified atom stereocenters. The molecule has 19 heavy (non-hydrogen) atoms. The third-order valence-electron chi connectivity index (χ3n) is 3.48. The Bertz CT molecular complexity index is 515. The summed E-state index contributed by atoms with van der Waals surface area (Å²) >= 11 is 0. The molecule has 0 bridgehead atoms. The number of hydrogen-bond donors (Lipinski definition) is 1. The Morgan fingerprint density at radius 2 is 2.21 bits per heavy atom. The van der Waals surface area contributed by atoms with Gasteiger partial charge < -0.3 is 5.73 Å². The van der Waals surface area contributed by atoms with E-state index in [-0.39, 0.29) is 29.3 Å². The minimum absolute atomic E-state index is 0. The highest BCUT2D eigenvalue weighted by molar-refractivity contribution is 7.89. The summed E-state index contributed by atoms with van der Waals surface area (Å²) in [7, 11) is -1.70. The van der Waals surface area contributed by atoms with Crippen LogP contribution in [0, 0.1) is 5.92 Å². The van der Waals surface area contributed by atoms with Crippen LogP contribution in [0.3, 0.4) is 0 Å². The molecule has 0 radical (unpaired) electrons. The van der Waals surface area contributed by atoms with Gasteiger partial charge in [0.2, 0.25) is 10.0 Å². The first-order valence-corrected chi connectivity index (χ1v) is 7.59. The van der Waals surface area contributed by atoms with Gasteiger partial charge in [-0.05, 0) is 25.7 Å². The minimum atomic E-state index is -3.41. The highest BCUT2D eigenvalue weighted by Gasteiger charge is 2.32. The van der Waals surface area contributed by atoms with Crippen molar-refractivity contribution in [1.29, 1.82) is 0 Å². The van der Waals surface area contributed by atoms with E-state index in [9.17, 15) is 8.42 Å². The first kappa shape index (κ1) is 16.4. The standard InChI is InChI=1S/C11H20N4O2S.ClH/c1-9(12)10-4-3-5-15(7-10)18(16,17)11-6-13-14(2)8-11;/h6,8-10H,3-5,7,12H2,1-2H3;1H. The van der Waals surface area contributed by atoms with Crippen LogP contribution in [-0.2, 0) is 17.1 Å². The first-order valence-electron chi connectivity index (χ1n) is 6.15. The summed E-state index contributed by atoms with van der Waals surface area (Å²) in [5.41, 5.74) is 5.88. The van der Waals surface area contributed by atoms with Crippen molar-refractivity contribution >= 4 is 22.4 Å². The Kier molecular flexibility index (Phi) is 5.37. The normalized spacial score (nSPS) is 22.8. The molecule has 2 heterocycles. The van der Waals surface area contributed by atoms with E-state index in [1.165, 1.54) is 21.4 Å². The van der Waals surface area contributed by atoms with Crippen LogP contribution in [0.25, 0.3) is 0 Å². The van der Waals surface area contributed by atoms with Crippen LogP contribution in [0.15, 0.2) is 17.3 Å². The van der Waals surface area contributed by atoms with Crippen molar-refractivity contribution in [2.45, 2.75) is 30.7 Å². The smallest absolute Gasteiger partial charge is 0.246 e. The van der Waals surface area contributed by atoms with Gasteiger partial charge in [-0.25, -0.2) is 8.42 Å². The van der Waals surface area contributed by atoms with Crippen LogP contribution in [0.5, 0.6) is 0 Å². The van der Waals surface area contributed by atoms with E-state index in [0.717, 1.165) is 12.8 Å². The fraction of sp³-hybridized carbons (Fsp3) is 0.727. The molecule has 0 amide bonds. The van der Waals surface area contributed by atoms with Crippen LogP contribution >= 0.6 is 12.4 Å². The number of nitrogens with zero attached hydrogens (tertiary/aromatic N) is 3. The SMILES string of the molecule is CC(N)C1CCCN(S(=O)(=O)c2cnn(C)c2)C1.Cl. The van der Waals surface area contributed by atoms with E-state index in [1.54, 1.807) is 7.05 Å². The van der Waals surface area contributed by atoms with Crippen LogP contribution in [0.2, 0.25) is 0 Å². The van der Waals surface area contributed by atoms with E-state index in [1.807, 2.05) is 6.92 Å². The zero-order valence-electron chi connectivity index (χ0n) is 11.2. The molecular weight excluding hydrogens is 288 g/mol. The second-order valence-corrected chi connectivity index (χ2v) is 6.91. The molecule has 110 valence electrons. The second-order valence-electron chi connectivity index (χ2n) is 4.97. The van der Waals surface area contributed by atoms with Gasteiger partial charge in [0.1, 0.15) is 4.90 Å². The summed E-state index contributed by atoms with van der Waals surface area (Å²) in [4.78, 5) is 0.260. The maximum absolute atomic E-state index is 12.4. The van der Waals surface area contributed by atoms with Gasteiger partial charge >= 0.3 is 0 Å². The molecule has 1 aliphatic rings. The van der Waals surface area contributed by atoms with Gasteiger partial charge in [-0.3, -0.25) is 4.68 Å². The Balaban J connectivity index is 0.00000180. The van der Waals surface area contributed by atoms with E-state index in [4.69, 9.17) is 5.73 Å². The number of sulfonamides is 1. The summed E-state index contributed by atoms with van der Waals surface area (Å²) in [5, 5.41) is 3.92. The molecule has 6 nitrogen and oxygen atoms in total. The molecule has 2 atom stereocenters.